The van der Waals surface area contributed by atoms with Crippen molar-refractivity contribution in [3.63, 3.8) is 0 Å². The van der Waals surface area contributed by atoms with Crippen LogP contribution in [-0.4, -0.2) is 35.5 Å². The van der Waals surface area contributed by atoms with Gasteiger partial charge in [0, 0.05) is 23.9 Å². The number of nitrogens with one attached hydrogen (secondary N) is 1. The third kappa shape index (κ3) is 5.72. The molecule has 0 saturated heterocycles. The summed E-state index contributed by atoms with van der Waals surface area (Å²) in [5.74, 6) is -3.25. The van der Waals surface area contributed by atoms with Crippen molar-refractivity contribution in [2.75, 3.05) is 6.61 Å². The van der Waals surface area contributed by atoms with Crippen LogP contribution in [0.3, 0.4) is 0 Å². The molecular formula is C17H18F3N3O3. The van der Waals surface area contributed by atoms with Gasteiger partial charge in [0.15, 0.2) is 18.3 Å². The lowest BCUT2D eigenvalue weighted by molar-refractivity contribution is -0.154. The molecule has 1 heterocycles. The molecule has 0 aromatic carbocycles. The van der Waals surface area contributed by atoms with Crippen LogP contribution in [0.1, 0.15) is 42.5 Å². The molecule has 9 heteroatoms. The maximum atomic E-state index is 12.3. The molecule has 140 valence electrons. The minimum atomic E-state index is -4.50. The Balaban J connectivity index is 1.98. The summed E-state index contributed by atoms with van der Waals surface area (Å²) in [5.41, 5.74) is -0.0466. The second kappa shape index (κ2) is 8.65. The Labute approximate surface area is 148 Å². The lowest BCUT2D eigenvalue weighted by atomic mass is 9.94. The van der Waals surface area contributed by atoms with Gasteiger partial charge in [-0.15, -0.1) is 0 Å². The lowest BCUT2D eigenvalue weighted by Crippen LogP contribution is -2.42. The molecule has 1 atom stereocenters. The average molecular weight is 369 g/mol. The SMILES string of the molecule is N#CC(C(=O)NC1CCCCC1)C(=O)c1ccc(OCC(F)(F)F)nc1. The van der Waals surface area contributed by atoms with Crippen LogP contribution in [-0.2, 0) is 4.79 Å². The Kier molecular flexibility index (Phi) is 6.55. The number of Topliss-reactive ketones (excluding diaryl/α,β-unsaturated/α-hetero) is 1. The van der Waals surface area contributed by atoms with Gasteiger partial charge in [0.25, 0.3) is 0 Å². The van der Waals surface area contributed by atoms with E-state index in [-0.39, 0.29) is 17.5 Å². The second-order valence-corrected chi connectivity index (χ2v) is 6.06. The van der Waals surface area contributed by atoms with Gasteiger partial charge in [0.05, 0.1) is 6.07 Å². The molecule has 1 aromatic rings. The van der Waals surface area contributed by atoms with Crippen LogP contribution in [0.5, 0.6) is 5.88 Å². The molecule has 1 saturated carbocycles. The normalized spacial score (nSPS) is 16.4. The molecule has 1 aliphatic carbocycles. The minimum Gasteiger partial charge on any atom is -0.468 e. The zero-order valence-electron chi connectivity index (χ0n) is 13.9. The highest BCUT2D eigenvalue weighted by atomic mass is 19.4. The van der Waals surface area contributed by atoms with E-state index in [9.17, 15) is 28.0 Å². The number of hydrogen-bond donors (Lipinski definition) is 1. The standard InChI is InChI=1S/C17H18F3N3O3/c18-17(19,20)10-26-14-7-6-11(9-22-14)15(24)13(8-21)16(25)23-12-4-2-1-3-5-12/h6-7,9,12-13H,1-5,10H2,(H,23,25). The number of halogens is 3. The summed E-state index contributed by atoms with van der Waals surface area (Å²) in [6, 6.07) is 3.90. The van der Waals surface area contributed by atoms with Crippen LogP contribution in [0.25, 0.3) is 0 Å². The molecule has 1 aliphatic rings. The highest BCUT2D eigenvalue weighted by Gasteiger charge is 2.30. The quantitative estimate of drug-likeness (QED) is 0.615. The topological polar surface area (TPSA) is 92.1 Å². The fourth-order valence-electron chi connectivity index (χ4n) is 2.70. The number of nitrogens with zero attached hydrogens (tertiary/aromatic N) is 2. The molecule has 6 nitrogen and oxygen atoms in total. The van der Waals surface area contributed by atoms with Crippen molar-refractivity contribution in [1.29, 1.82) is 5.26 Å². The second-order valence-electron chi connectivity index (χ2n) is 6.06. The molecule has 1 fully saturated rings. The van der Waals surface area contributed by atoms with E-state index in [1.54, 1.807) is 6.07 Å². The number of rotatable bonds is 6. The number of ketones is 1. The third-order valence-corrected chi connectivity index (χ3v) is 4.01. The predicted molar refractivity (Wildman–Crippen MR) is 84.2 cm³/mol. The zero-order valence-corrected chi connectivity index (χ0v) is 13.9. The molecule has 26 heavy (non-hydrogen) atoms. The van der Waals surface area contributed by atoms with Crippen molar-refractivity contribution in [1.82, 2.24) is 10.3 Å². The summed E-state index contributed by atoms with van der Waals surface area (Å²) in [6.07, 6.45) is 1.18. The molecule has 0 aliphatic heterocycles. The van der Waals surface area contributed by atoms with Gasteiger partial charge in [-0.05, 0) is 18.9 Å². The molecule has 0 spiro atoms. The smallest absolute Gasteiger partial charge is 0.422 e. The molecular weight excluding hydrogens is 351 g/mol. The monoisotopic (exact) mass is 369 g/mol. The van der Waals surface area contributed by atoms with E-state index in [4.69, 9.17) is 0 Å². The maximum absolute atomic E-state index is 12.3. The van der Waals surface area contributed by atoms with E-state index >= 15 is 0 Å². The first kappa shape index (κ1) is 19.7. The van der Waals surface area contributed by atoms with Crippen LogP contribution in [0.2, 0.25) is 0 Å². The molecule has 1 aromatic heterocycles. The summed E-state index contributed by atoms with van der Waals surface area (Å²) in [5, 5.41) is 11.9. The van der Waals surface area contributed by atoms with Gasteiger partial charge in [-0.1, -0.05) is 19.3 Å². The molecule has 1 amide bonds. The lowest BCUT2D eigenvalue weighted by Gasteiger charge is -2.23. The Bertz CT molecular complexity index is 677. The van der Waals surface area contributed by atoms with E-state index in [2.05, 4.69) is 15.0 Å². The summed E-state index contributed by atoms with van der Waals surface area (Å²) in [4.78, 5) is 28.2. The number of alkyl halides is 3. The first-order chi connectivity index (χ1) is 12.3. The molecule has 0 radical (unpaired) electrons. The average Bonchev–Trinajstić information content (AvgIpc) is 2.61. The van der Waals surface area contributed by atoms with Crippen molar-refractivity contribution in [2.45, 2.75) is 44.3 Å². The molecule has 0 bridgehead atoms. The first-order valence-corrected chi connectivity index (χ1v) is 8.20. The Hall–Kier alpha value is -2.63. The highest BCUT2D eigenvalue weighted by Crippen LogP contribution is 2.20. The van der Waals surface area contributed by atoms with E-state index in [0.717, 1.165) is 44.4 Å². The highest BCUT2D eigenvalue weighted by molar-refractivity contribution is 6.12. The predicted octanol–water partition coefficient (Wildman–Crippen LogP) is 2.79. The van der Waals surface area contributed by atoms with Crippen LogP contribution in [0, 0.1) is 17.2 Å². The van der Waals surface area contributed by atoms with Gasteiger partial charge in [0.1, 0.15) is 0 Å². The zero-order chi connectivity index (χ0) is 19.2. The van der Waals surface area contributed by atoms with Crippen LogP contribution in [0.15, 0.2) is 18.3 Å². The molecule has 2 rings (SSSR count). The van der Waals surface area contributed by atoms with Gasteiger partial charge >= 0.3 is 6.18 Å². The number of hydrogen-bond acceptors (Lipinski definition) is 5. The summed E-state index contributed by atoms with van der Waals surface area (Å²) < 4.78 is 40.7. The minimum absolute atomic E-state index is 0.0452. The number of ether oxygens (including phenoxy) is 1. The fourth-order valence-corrected chi connectivity index (χ4v) is 2.70. The van der Waals surface area contributed by atoms with Gasteiger partial charge < -0.3 is 10.1 Å². The summed E-state index contributed by atoms with van der Waals surface area (Å²) in [6.45, 7) is -1.50. The van der Waals surface area contributed by atoms with E-state index < -0.39 is 30.4 Å². The van der Waals surface area contributed by atoms with Gasteiger partial charge in [0.2, 0.25) is 11.8 Å². The van der Waals surface area contributed by atoms with E-state index in [1.807, 2.05) is 0 Å². The maximum Gasteiger partial charge on any atom is 0.422 e. The van der Waals surface area contributed by atoms with Crippen molar-refractivity contribution >= 4 is 11.7 Å². The van der Waals surface area contributed by atoms with Crippen molar-refractivity contribution < 1.29 is 27.5 Å². The van der Waals surface area contributed by atoms with Gasteiger partial charge in [-0.2, -0.15) is 18.4 Å². The number of nitriles is 1. The van der Waals surface area contributed by atoms with Crippen LogP contribution in [0.4, 0.5) is 13.2 Å². The summed E-state index contributed by atoms with van der Waals surface area (Å²) in [7, 11) is 0. The third-order valence-electron chi connectivity index (χ3n) is 4.01. The number of amides is 1. The largest absolute Gasteiger partial charge is 0.468 e. The number of aromatic nitrogens is 1. The Morgan fingerprint density at radius 3 is 2.54 bits per heavy atom. The van der Waals surface area contributed by atoms with E-state index in [0.29, 0.717) is 0 Å². The molecule has 1 unspecified atom stereocenters. The van der Waals surface area contributed by atoms with Crippen molar-refractivity contribution in [3.05, 3.63) is 23.9 Å². The van der Waals surface area contributed by atoms with Crippen LogP contribution >= 0.6 is 0 Å². The molecule has 1 N–H and O–H groups in total. The van der Waals surface area contributed by atoms with Crippen molar-refractivity contribution in [3.8, 4) is 11.9 Å². The summed E-state index contributed by atoms with van der Waals surface area (Å²) >= 11 is 0. The fraction of sp³-hybridized carbons (Fsp3) is 0.529. The van der Waals surface area contributed by atoms with Crippen molar-refractivity contribution in [2.24, 2.45) is 5.92 Å². The van der Waals surface area contributed by atoms with E-state index in [1.165, 1.54) is 6.07 Å². The number of carbonyl (C=O) groups excluding carboxylic acids is 2. The van der Waals surface area contributed by atoms with Gasteiger partial charge in [-0.3, -0.25) is 9.59 Å². The first-order valence-electron chi connectivity index (χ1n) is 8.20. The number of pyridine rings is 1. The number of carbonyl (C=O) groups is 2. The Morgan fingerprint density at radius 1 is 1.31 bits per heavy atom. The Morgan fingerprint density at radius 2 is 2.00 bits per heavy atom. The van der Waals surface area contributed by atoms with Crippen LogP contribution < -0.4 is 10.1 Å². The van der Waals surface area contributed by atoms with Gasteiger partial charge in [-0.25, -0.2) is 4.98 Å².